The van der Waals surface area contributed by atoms with Crippen molar-refractivity contribution < 1.29 is 14.0 Å². The normalized spacial score (nSPS) is 18.8. The molecule has 1 fully saturated rings. The third-order valence-electron chi connectivity index (χ3n) is 4.10. The number of carbonyl (C=O) groups is 2. The largest absolute Gasteiger partial charge is 0.469 e. The number of furan rings is 1. The summed E-state index contributed by atoms with van der Waals surface area (Å²) in [7, 11) is 0. The Morgan fingerprint density at radius 1 is 1.35 bits per heavy atom. The van der Waals surface area contributed by atoms with Crippen molar-refractivity contribution in [2.75, 3.05) is 13.1 Å². The molecule has 2 heterocycles. The quantitative estimate of drug-likeness (QED) is 0.892. The SMILES string of the molecule is CCC1(CC)NC(=O)CCN(CCc2ccco2)C1=O. The van der Waals surface area contributed by atoms with E-state index in [1.807, 2.05) is 26.0 Å². The molecular weight excluding hydrogens is 256 g/mol. The molecule has 1 aliphatic rings. The van der Waals surface area contributed by atoms with Crippen molar-refractivity contribution >= 4 is 11.8 Å². The molecule has 0 aromatic carbocycles. The van der Waals surface area contributed by atoms with Gasteiger partial charge < -0.3 is 14.6 Å². The highest BCUT2D eigenvalue weighted by Gasteiger charge is 2.41. The Balaban J connectivity index is 2.11. The molecular formula is C15H22N2O3. The number of rotatable bonds is 5. The molecule has 1 aliphatic heterocycles. The third-order valence-corrected chi connectivity index (χ3v) is 4.10. The molecule has 0 saturated carbocycles. The van der Waals surface area contributed by atoms with Gasteiger partial charge in [0.15, 0.2) is 0 Å². The van der Waals surface area contributed by atoms with Crippen molar-refractivity contribution in [2.45, 2.75) is 45.1 Å². The fraction of sp³-hybridized carbons (Fsp3) is 0.600. The predicted octanol–water partition coefficient (Wildman–Crippen LogP) is 1.73. The van der Waals surface area contributed by atoms with Crippen LogP contribution in [0, 0.1) is 0 Å². The lowest BCUT2D eigenvalue weighted by Crippen LogP contribution is -2.56. The van der Waals surface area contributed by atoms with E-state index in [0.29, 0.717) is 38.8 Å². The second kappa shape index (κ2) is 6.11. The lowest BCUT2D eigenvalue weighted by atomic mass is 9.91. The van der Waals surface area contributed by atoms with E-state index in [1.165, 1.54) is 0 Å². The van der Waals surface area contributed by atoms with Crippen molar-refractivity contribution in [1.82, 2.24) is 10.2 Å². The van der Waals surface area contributed by atoms with Crippen LogP contribution in [0.25, 0.3) is 0 Å². The van der Waals surface area contributed by atoms with Gasteiger partial charge in [0, 0.05) is 25.9 Å². The van der Waals surface area contributed by atoms with Gasteiger partial charge in [-0.05, 0) is 25.0 Å². The first kappa shape index (κ1) is 14.6. The van der Waals surface area contributed by atoms with Crippen molar-refractivity contribution in [2.24, 2.45) is 0 Å². The van der Waals surface area contributed by atoms with E-state index in [4.69, 9.17) is 4.42 Å². The minimum absolute atomic E-state index is 0.0277. The minimum Gasteiger partial charge on any atom is -0.469 e. The van der Waals surface area contributed by atoms with Crippen molar-refractivity contribution in [3.63, 3.8) is 0 Å². The van der Waals surface area contributed by atoms with Crippen LogP contribution < -0.4 is 5.32 Å². The molecule has 5 heteroatoms. The maximum Gasteiger partial charge on any atom is 0.248 e. The molecule has 2 rings (SSSR count). The molecule has 1 saturated heterocycles. The second-order valence-corrected chi connectivity index (χ2v) is 5.21. The lowest BCUT2D eigenvalue weighted by Gasteiger charge is -2.33. The van der Waals surface area contributed by atoms with Crippen molar-refractivity contribution in [3.8, 4) is 0 Å². The first-order valence-corrected chi connectivity index (χ1v) is 7.24. The Hall–Kier alpha value is -1.78. The number of hydrogen-bond acceptors (Lipinski definition) is 3. The highest BCUT2D eigenvalue weighted by atomic mass is 16.3. The highest BCUT2D eigenvalue weighted by Crippen LogP contribution is 2.22. The standard InChI is InChI=1S/C15H22N2O3/c1-3-15(4-2)14(19)17(10-8-13(18)16-15)9-7-12-6-5-11-20-12/h5-6,11H,3-4,7-10H2,1-2H3,(H,16,18). The molecule has 0 unspecified atom stereocenters. The number of amides is 2. The lowest BCUT2D eigenvalue weighted by molar-refractivity contribution is -0.139. The molecule has 0 spiro atoms. The summed E-state index contributed by atoms with van der Waals surface area (Å²) in [4.78, 5) is 26.3. The van der Waals surface area contributed by atoms with Gasteiger partial charge in [0.2, 0.25) is 11.8 Å². The van der Waals surface area contributed by atoms with E-state index in [1.54, 1.807) is 11.2 Å². The van der Waals surface area contributed by atoms with Gasteiger partial charge in [-0.1, -0.05) is 13.8 Å². The van der Waals surface area contributed by atoms with Crippen molar-refractivity contribution in [1.29, 1.82) is 0 Å². The summed E-state index contributed by atoms with van der Waals surface area (Å²) in [6.45, 7) is 4.95. The van der Waals surface area contributed by atoms with E-state index in [2.05, 4.69) is 5.32 Å². The van der Waals surface area contributed by atoms with Gasteiger partial charge in [-0.25, -0.2) is 0 Å². The average molecular weight is 278 g/mol. The van der Waals surface area contributed by atoms with E-state index < -0.39 is 5.54 Å². The molecule has 1 aromatic rings. The van der Waals surface area contributed by atoms with E-state index >= 15 is 0 Å². The van der Waals surface area contributed by atoms with Crippen LogP contribution in [-0.4, -0.2) is 35.3 Å². The predicted molar refractivity (Wildman–Crippen MR) is 75.1 cm³/mol. The summed E-state index contributed by atoms with van der Waals surface area (Å²) in [5, 5.41) is 2.91. The first-order valence-electron chi connectivity index (χ1n) is 7.24. The maximum absolute atomic E-state index is 12.7. The zero-order chi connectivity index (χ0) is 14.6. The van der Waals surface area contributed by atoms with Gasteiger partial charge in [0.05, 0.1) is 6.26 Å². The summed E-state index contributed by atoms with van der Waals surface area (Å²) in [5.74, 6) is 0.849. The molecule has 5 nitrogen and oxygen atoms in total. The second-order valence-electron chi connectivity index (χ2n) is 5.21. The monoisotopic (exact) mass is 278 g/mol. The highest BCUT2D eigenvalue weighted by molar-refractivity contribution is 5.93. The number of hydrogen-bond donors (Lipinski definition) is 1. The molecule has 1 aromatic heterocycles. The van der Waals surface area contributed by atoms with E-state index in [0.717, 1.165) is 5.76 Å². The summed E-state index contributed by atoms with van der Waals surface area (Å²) in [6.07, 6.45) is 3.91. The Labute approximate surface area is 119 Å². The molecule has 2 amide bonds. The molecule has 1 N–H and O–H groups in total. The Morgan fingerprint density at radius 3 is 2.70 bits per heavy atom. The number of nitrogens with zero attached hydrogens (tertiary/aromatic N) is 1. The van der Waals surface area contributed by atoms with Crippen molar-refractivity contribution in [3.05, 3.63) is 24.2 Å². The maximum atomic E-state index is 12.7. The molecule has 0 radical (unpaired) electrons. The third kappa shape index (κ3) is 2.86. The summed E-state index contributed by atoms with van der Waals surface area (Å²) < 4.78 is 5.30. The van der Waals surface area contributed by atoms with Gasteiger partial charge in [-0.2, -0.15) is 0 Å². The first-order chi connectivity index (χ1) is 9.61. The number of nitrogens with one attached hydrogen (secondary N) is 1. The van der Waals surface area contributed by atoms with E-state index in [-0.39, 0.29) is 11.8 Å². The van der Waals surface area contributed by atoms with Gasteiger partial charge in [0.25, 0.3) is 0 Å². The van der Waals surface area contributed by atoms with Crippen LogP contribution in [0.3, 0.4) is 0 Å². The van der Waals surface area contributed by atoms with Gasteiger partial charge >= 0.3 is 0 Å². The molecule has 0 atom stereocenters. The van der Waals surface area contributed by atoms with Crippen LogP contribution in [-0.2, 0) is 16.0 Å². The zero-order valence-electron chi connectivity index (χ0n) is 12.1. The van der Waals surface area contributed by atoms with Crippen LogP contribution in [0.4, 0.5) is 0 Å². The molecule has 20 heavy (non-hydrogen) atoms. The van der Waals surface area contributed by atoms with Crippen LogP contribution >= 0.6 is 0 Å². The zero-order valence-corrected chi connectivity index (χ0v) is 12.1. The molecule has 110 valence electrons. The Kier molecular flexibility index (Phi) is 4.47. The smallest absolute Gasteiger partial charge is 0.248 e. The van der Waals surface area contributed by atoms with Gasteiger partial charge in [-0.15, -0.1) is 0 Å². The topological polar surface area (TPSA) is 62.6 Å². The van der Waals surface area contributed by atoms with Gasteiger partial charge in [-0.3, -0.25) is 9.59 Å². The summed E-state index contributed by atoms with van der Waals surface area (Å²) >= 11 is 0. The van der Waals surface area contributed by atoms with Crippen LogP contribution in [0.2, 0.25) is 0 Å². The summed E-state index contributed by atoms with van der Waals surface area (Å²) in [5.41, 5.74) is -0.739. The van der Waals surface area contributed by atoms with Crippen LogP contribution in [0.1, 0.15) is 38.9 Å². The fourth-order valence-corrected chi connectivity index (χ4v) is 2.67. The Bertz CT molecular complexity index is 463. The minimum atomic E-state index is -0.739. The Morgan fingerprint density at radius 2 is 2.10 bits per heavy atom. The fourth-order valence-electron chi connectivity index (χ4n) is 2.67. The van der Waals surface area contributed by atoms with Crippen LogP contribution in [0.15, 0.2) is 22.8 Å². The summed E-state index contributed by atoms with van der Waals surface area (Å²) in [6, 6.07) is 3.74. The number of carbonyl (C=O) groups excluding carboxylic acids is 2. The van der Waals surface area contributed by atoms with Gasteiger partial charge in [0.1, 0.15) is 11.3 Å². The van der Waals surface area contributed by atoms with E-state index in [9.17, 15) is 9.59 Å². The molecule has 0 aliphatic carbocycles. The van der Waals surface area contributed by atoms with Crippen LogP contribution in [0.5, 0.6) is 0 Å². The molecule has 0 bridgehead atoms. The average Bonchev–Trinajstić information content (AvgIpc) is 2.93.